The smallest absolute Gasteiger partial charge is 0.0163 e. The van der Waals surface area contributed by atoms with Crippen molar-refractivity contribution in [1.82, 2.24) is 4.90 Å². The van der Waals surface area contributed by atoms with Crippen LogP contribution in [0, 0.1) is 0 Å². The van der Waals surface area contributed by atoms with E-state index >= 15 is 0 Å². The fourth-order valence-electron chi connectivity index (χ4n) is 1.54. The van der Waals surface area contributed by atoms with Crippen molar-refractivity contribution in [3.63, 3.8) is 0 Å². The average Bonchev–Trinajstić information content (AvgIpc) is 2.31. The Morgan fingerprint density at radius 3 is 2.27 bits per heavy atom. The Balaban J connectivity index is 2.28. The van der Waals surface area contributed by atoms with Crippen molar-refractivity contribution >= 4 is 0 Å². The zero-order valence-electron chi connectivity index (χ0n) is 9.82. The van der Waals surface area contributed by atoms with E-state index < -0.39 is 0 Å². The predicted molar refractivity (Wildman–Crippen MR) is 67.1 cm³/mol. The molecule has 1 rings (SSSR count). The largest absolute Gasteiger partial charge is 0.300 e. The van der Waals surface area contributed by atoms with Gasteiger partial charge >= 0.3 is 0 Å². The van der Waals surface area contributed by atoms with Crippen LogP contribution in [0.2, 0.25) is 0 Å². The summed E-state index contributed by atoms with van der Waals surface area (Å²) in [6.07, 6.45) is 5.57. The molecule has 0 aliphatic rings. The Bertz CT molecular complexity index is 273. The molecule has 0 N–H and O–H groups in total. The fourth-order valence-corrected chi connectivity index (χ4v) is 1.54. The molecule has 1 aromatic carbocycles. The fraction of sp³-hybridized carbons (Fsp3) is 0.429. The topological polar surface area (TPSA) is 3.24 Å². The van der Waals surface area contributed by atoms with Crippen LogP contribution in [0.1, 0.15) is 19.4 Å². The van der Waals surface area contributed by atoms with Gasteiger partial charge < -0.3 is 4.90 Å². The number of allylic oxidation sites excluding steroid dienone is 1. The molecule has 1 heteroatoms. The Morgan fingerprint density at radius 2 is 1.67 bits per heavy atom. The summed E-state index contributed by atoms with van der Waals surface area (Å²) in [4.78, 5) is 2.40. The van der Waals surface area contributed by atoms with Crippen molar-refractivity contribution in [1.29, 1.82) is 0 Å². The van der Waals surface area contributed by atoms with Gasteiger partial charge in [-0.2, -0.15) is 0 Å². The third kappa shape index (κ3) is 4.80. The van der Waals surface area contributed by atoms with Crippen LogP contribution >= 0.6 is 0 Å². The lowest BCUT2D eigenvalue weighted by Gasteiger charge is -2.14. The molecule has 0 saturated heterocycles. The van der Waals surface area contributed by atoms with E-state index in [0.717, 1.165) is 26.1 Å². The normalized spacial score (nSPS) is 11.4. The molecule has 1 nitrogen and oxygen atoms in total. The number of hydrogen-bond donors (Lipinski definition) is 0. The molecule has 0 fully saturated rings. The molecule has 0 atom stereocenters. The highest BCUT2D eigenvalue weighted by Gasteiger charge is 1.93. The maximum absolute atomic E-state index is 2.40. The summed E-state index contributed by atoms with van der Waals surface area (Å²) in [5.41, 5.74) is 1.38. The summed E-state index contributed by atoms with van der Waals surface area (Å²) in [6.45, 7) is 7.74. The van der Waals surface area contributed by atoms with Gasteiger partial charge in [0.25, 0.3) is 0 Å². The van der Waals surface area contributed by atoms with E-state index in [2.05, 4.69) is 61.2 Å². The van der Waals surface area contributed by atoms with E-state index in [0.29, 0.717) is 0 Å². The number of rotatable bonds is 6. The van der Waals surface area contributed by atoms with E-state index in [-0.39, 0.29) is 0 Å². The molecule has 0 saturated carbocycles. The Kier molecular flexibility index (Phi) is 5.79. The molecule has 0 aliphatic carbocycles. The third-order valence-electron chi connectivity index (χ3n) is 2.62. The van der Waals surface area contributed by atoms with Crippen LogP contribution in [-0.2, 0) is 6.42 Å². The minimum atomic E-state index is 1.04. The van der Waals surface area contributed by atoms with Gasteiger partial charge in [-0.25, -0.2) is 0 Å². The number of nitrogens with zero attached hydrogens (tertiary/aromatic N) is 1. The van der Waals surface area contributed by atoms with Gasteiger partial charge in [-0.05, 0) is 25.1 Å². The Hall–Kier alpha value is -1.08. The summed E-state index contributed by atoms with van der Waals surface area (Å²) < 4.78 is 0. The third-order valence-corrected chi connectivity index (χ3v) is 2.62. The molecule has 0 heterocycles. The van der Waals surface area contributed by atoms with Crippen LogP contribution in [0.15, 0.2) is 42.5 Å². The second-order valence-electron chi connectivity index (χ2n) is 3.65. The highest BCUT2D eigenvalue weighted by Crippen LogP contribution is 2.00. The minimum Gasteiger partial charge on any atom is -0.300 e. The van der Waals surface area contributed by atoms with Crippen LogP contribution < -0.4 is 0 Å². The van der Waals surface area contributed by atoms with Gasteiger partial charge in [0.2, 0.25) is 0 Å². The molecule has 0 aromatic heterocycles. The molecule has 82 valence electrons. The first kappa shape index (κ1) is 12.0. The summed E-state index contributed by atoms with van der Waals surface area (Å²) in [5, 5.41) is 0. The number of likely N-dealkylation sites (N-methyl/N-ethyl adjacent to an activating group) is 1. The Labute approximate surface area is 93.4 Å². The van der Waals surface area contributed by atoms with Crippen molar-refractivity contribution in [3.05, 3.63) is 48.0 Å². The Morgan fingerprint density at radius 1 is 1.00 bits per heavy atom. The standard InChI is InChI=1S/C14H21N/c1-3-15(4-2)13-9-8-12-14-10-6-5-7-11-14/h5-11H,3-4,12-13H2,1-2H3. The molecule has 0 amide bonds. The number of benzene rings is 1. The first-order valence-electron chi connectivity index (χ1n) is 5.78. The lowest BCUT2D eigenvalue weighted by molar-refractivity contribution is 0.337. The van der Waals surface area contributed by atoms with Gasteiger partial charge in [-0.15, -0.1) is 0 Å². The highest BCUT2D eigenvalue weighted by molar-refractivity contribution is 5.17. The minimum absolute atomic E-state index is 1.04. The van der Waals surface area contributed by atoms with E-state index in [1.807, 2.05) is 0 Å². The molecular formula is C14H21N. The molecule has 1 aromatic rings. The van der Waals surface area contributed by atoms with Crippen molar-refractivity contribution in [2.45, 2.75) is 20.3 Å². The van der Waals surface area contributed by atoms with Crippen molar-refractivity contribution in [3.8, 4) is 0 Å². The van der Waals surface area contributed by atoms with Gasteiger partial charge in [-0.3, -0.25) is 0 Å². The van der Waals surface area contributed by atoms with Gasteiger partial charge in [0.1, 0.15) is 0 Å². The second-order valence-corrected chi connectivity index (χ2v) is 3.65. The maximum Gasteiger partial charge on any atom is 0.0163 e. The summed E-state index contributed by atoms with van der Waals surface area (Å²) in [7, 11) is 0. The zero-order chi connectivity index (χ0) is 10.9. The first-order valence-corrected chi connectivity index (χ1v) is 5.78. The predicted octanol–water partition coefficient (Wildman–Crippen LogP) is 3.13. The van der Waals surface area contributed by atoms with E-state index in [4.69, 9.17) is 0 Å². The summed E-state index contributed by atoms with van der Waals surface area (Å²) in [5.74, 6) is 0. The zero-order valence-corrected chi connectivity index (χ0v) is 9.82. The number of hydrogen-bond acceptors (Lipinski definition) is 1. The molecular weight excluding hydrogens is 182 g/mol. The second kappa shape index (κ2) is 7.24. The first-order chi connectivity index (χ1) is 7.36. The van der Waals surface area contributed by atoms with Gasteiger partial charge in [-0.1, -0.05) is 56.3 Å². The quantitative estimate of drug-likeness (QED) is 0.642. The molecule has 0 unspecified atom stereocenters. The van der Waals surface area contributed by atoms with Crippen molar-refractivity contribution < 1.29 is 0 Å². The van der Waals surface area contributed by atoms with Gasteiger partial charge in [0, 0.05) is 6.54 Å². The molecule has 0 radical (unpaired) electrons. The van der Waals surface area contributed by atoms with Crippen LogP contribution in [0.5, 0.6) is 0 Å². The van der Waals surface area contributed by atoms with Crippen LogP contribution in [0.25, 0.3) is 0 Å². The van der Waals surface area contributed by atoms with Crippen LogP contribution in [0.3, 0.4) is 0 Å². The van der Waals surface area contributed by atoms with E-state index in [1.54, 1.807) is 0 Å². The molecule has 0 bridgehead atoms. The lowest BCUT2D eigenvalue weighted by atomic mass is 10.1. The highest BCUT2D eigenvalue weighted by atomic mass is 15.1. The van der Waals surface area contributed by atoms with Crippen molar-refractivity contribution in [2.75, 3.05) is 19.6 Å². The summed E-state index contributed by atoms with van der Waals surface area (Å²) >= 11 is 0. The van der Waals surface area contributed by atoms with Gasteiger partial charge in [0.15, 0.2) is 0 Å². The van der Waals surface area contributed by atoms with E-state index in [9.17, 15) is 0 Å². The van der Waals surface area contributed by atoms with Crippen LogP contribution in [0.4, 0.5) is 0 Å². The monoisotopic (exact) mass is 203 g/mol. The average molecular weight is 203 g/mol. The molecule has 15 heavy (non-hydrogen) atoms. The van der Waals surface area contributed by atoms with E-state index in [1.165, 1.54) is 5.56 Å². The van der Waals surface area contributed by atoms with Gasteiger partial charge in [0.05, 0.1) is 0 Å². The molecule has 0 aliphatic heterocycles. The van der Waals surface area contributed by atoms with Crippen molar-refractivity contribution in [2.24, 2.45) is 0 Å². The SMILES string of the molecule is CCN(CC)CC=CCc1ccccc1. The molecule has 0 spiro atoms. The maximum atomic E-state index is 2.40. The van der Waals surface area contributed by atoms with Crippen LogP contribution in [-0.4, -0.2) is 24.5 Å². The lowest BCUT2D eigenvalue weighted by Crippen LogP contribution is -2.22. The summed E-state index contributed by atoms with van der Waals surface area (Å²) in [6, 6.07) is 10.6.